The van der Waals surface area contributed by atoms with Crippen LogP contribution in [0.1, 0.15) is 51.7 Å². The summed E-state index contributed by atoms with van der Waals surface area (Å²) in [5, 5.41) is 13.8. The molecule has 2 N–H and O–H groups in total. The number of pyridine rings is 2. The highest BCUT2D eigenvalue weighted by atomic mass is 16.6. The molecule has 12 nitrogen and oxygen atoms in total. The summed E-state index contributed by atoms with van der Waals surface area (Å²) in [6, 6.07) is 12.7. The number of nitriles is 1. The summed E-state index contributed by atoms with van der Waals surface area (Å²) in [4.78, 5) is 47.5. The zero-order chi connectivity index (χ0) is 27.9. The second kappa shape index (κ2) is 9.92. The van der Waals surface area contributed by atoms with Crippen molar-refractivity contribution in [3.05, 3.63) is 75.6 Å². The van der Waals surface area contributed by atoms with Crippen molar-refractivity contribution in [2.45, 2.75) is 51.3 Å². The van der Waals surface area contributed by atoms with E-state index in [2.05, 4.69) is 36.3 Å². The van der Waals surface area contributed by atoms with E-state index in [1.165, 1.54) is 4.90 Å². The maximum atomic E-state index is 13.3. The first-order valence-electron chi connectivity index (χ1n) is 13.0. The van der Waals surface area contributed by atoms with Crippen LogP contribution in [0.25, 0.3) is 10.9 Å². The Bertz CT molecular complexity index is 1720. The number of H-pyrrole nitrogens is 1. The standard InChI is InChI=1S/C28H26N8O4.2H2/c1-3-20-15-40-27(38)36(20)26-32-16(2)31-25(34-26)35-28(7-8-28)21-11-17-10-18(13-29)23(12-22(17)33-24(21)37)39-14-19-6-4-5-9-30-19;;/h4-6,9-12,20H,3,7-8,14-15H2,1-2H3,(H,33,37)(H,31,32,34,35);2*1H/t20-;;/m0../s1. The minimum Gasteiger partial charge on any atom is -0.486 e. The number of rotatable bonds is 8. The third kappa shape index (κ3) is 4.66. The van der Waals surface area contributed by atoms with Crippen molar-refractivity contribution in [3.8, 4) is 11.8 Å². The largest absolute Gasteiger partial charge is 0.486 e. The lowest BCUT2D eigenvalue weighted by Crippen LogP contribution is -2.35. The van der Waals surface area contributed by atoms with E-state index in [-0.39, 0.29) is 39.6 Å². The Hall–Kier alpha value is -5.05. The number of aryl methyl sites for hydroxylation is 1. The summed E-state index contributed by atoms with van der Waals surface area (Å²) in [6.07, 6.45) is 3.23. The van der Waals surface area contributed by atoms with E-state index in [9.17, 15) is 14.9 Å². The molecule has 1 aliphatic heterocycles. The summed E-state index contributed by atoms with van der Waals surface area (Å²) in [7, 11) is 0. The molecular formula is C28H30N8O4. The molecule has 1 saturated heterocycles. The second-order valence-corrected chi connectivity index (χ2v) is 9.89. The van der Waals surface area contributed by atoms with Gasteiger partial charge in [-0.1, -0.05) is 13.0 Å². The Morgan fingerprint density at radius 3 is 2.83 bits per heavy atom. The Kier molecular flexibility index (Phi) is 6.26. The molecule has 0 bridgehead atoms. The average molecular weight is 543 g/mol. The number of nitrogens with one attached hydrogen (secondary N) is 2. The molecule has 1 aromatic carbocycles. The summed E-state index contributed by atoms with van der Waals surface area (Å²) in [5.74, 6) is 1.28. The van der Waals surface area contributed by atoms with E-state index >= 15 is 0 Å². The van der Waals surface area contributed by atoms with Crippen LogP contribution in [0.5, 0.6) is 5.75 Å². The molecular weight excluding hydrogens is 512 g/mol. The van der Waals surface area contributed by atoms with Gasteiger partial charge in [-0.3, -0.25) is 9.78 Å². The molecule has 40 heavy (non-hydrogen) atoms. The van der Waals surface area contributed by atoms with Crippen LogP contribution in [0.2, 0.25) is 0 Å². The van der Waals surface area contributed by atoms with Crippen molar-refractivity contribution >= 4 is 28.9 Å². The number of cyclic esters (lactones) is 1. The van der Waals surface area contributed by atoms with Gasteiger partial charge in [0.25, 0.3) is 5.56 Å². The summed E-state index contributed by atoms with van der Waals surface area (Å²) in [6.45, 7) is 4.15. The van der Waals surface area contributed by atoms with Crippen LogP contribution in [0, 0.1) is 18.3 Å². The van der Waals surface area contributed by atoms with Gasteiger partial charge >= 0.3 is 6.09 Å². The highest BCUT2D eigenvalue weighted by molar-refractivity contribution is 5.88. The van der Waals surface area contributed by atoms with Crippen molar-refractivity contribution < 1.29 is 17.1 Å². The zero-order valence-electron chi connectivity index (χ0n) is 22.0. The van der Waals surface area contributed by atoms with Crippen LogP contribution < -0.4 is 20.5 Å². The second-order valence-electron chi connectivity index (χ2n) is 9.89. The molecule has 0 spiro atoms. The lowest BCUT2D eigenvalue weighted by Gasteiger charge is -2.21. The number of hydrogen-bond donors (Lipinski definition) is 2. The molecule has 1 amide bonds. The number of hydrogen-bond acceptors (Lipinski definition) is 10. The van der Waals surface area contributed by atoms with Gasteiger partial charge in [0, 0.05) is 26.1 Å². The van der Waals surface area contributed by atoms with Gasteiger partial charge in [-0.15, -0.1) is 0 Å². The van der Waals surface area contributed by atoms with Gasteiger partial charge in [0.15, 0.2) is 0 Å². The highest BCUT2D eigenvalue weighted by Crippen LogP contribution is 2.47. The molecule has 6 rings (SSSR count). The van der Waals surface area contributed by atoms with E-state index in [1.807, 2.05) is 25.1 Å². The fourth-order valence-corrected chi connectivity index (χ4v) is 4.87. The Balaban J connectivity index is 0.00000202. The van der Waals surface area contributed by atoms with Gasteiger partial charge in [-0.2, -0.15) is 20.2 Å². The molecule has 4 heterocycles. The molecule has 3 aromatic heterocycles. The van der Waals surface area contributed by atoms with Gasteiger partial charge in [0.1, 0.15) is 30.9 Å². The van der Waals surface area contributed by atoms with Crippen LogP contribution in [0.15, 0.2) is 47.4 Å². The van der Waals surface area contributed by atoms with Crippen LogP contribution in [-0.2, 0) is 16.9 Å². The first kappa shape index (κ1) is 25.2. The van der Waals surface area contributed by atoms with E-state index in [0.29, 0.717) is 52.9 Å². The Morgan fingerprint density at radius 2 is 2.10 bits per heavy atom. The number of aromatic nitrogens is 5. The molecule has 206 valence electrons. The number of anilines is 2. The van der Waals surface area contributed by atoms with Crippen molar-refractivity contribution in [1.82, 2.24) is 24.9 Å². The van der Waals surface area contributed by atoms with Gasteiger partial charge in [0.2, 0.25) is 11.9 Å². The molecule has 2 fully saturated rings. The summed E-state index contributed by atoms with van der Waals surface area (Å²) >= 11 is 0. The number of ether oxygens (including phenoxy) is 2. The predicted octanol–water partition coefficient (Wildman–Crippen LogP) is 4.20. The average Bonchev–Trinajstić information content (AvgIpc) is 3.62. The number of fused-ring (bicyclic) bond motifs is 1. The summed E-state index contributed by atoms with van der Waals surface area (Å²) in [5.41, 5.74) is 1.18. The number of nitrogens with zero attached hydrogens (tertiary/aromatic N) is 6. The smallest absolute Gasteiger partial charge is 0.417 e. The summed E-state index contributed by atoms with van der Waals surface area (Å²) < 4.78 is 11.1. The number of aromatic amines is 1. The molecule has 0 unspecified atom stereocenters. The predicted molar refractivity (Wildman–Crippen MR) is 149 cm³/mol. The third-order valence-corrected chi connectivity index (χ3v) is 7.17. The minimum atomic E-state index is -0.691. The number of amides is 1. The molecule has 2 aliphatic rings. The quantitative estimate of drug-likeness (QED) is 0.330. The zero-order valence-corrected chi connectivity index (χ0v) is 22.0. The van der Waals surface area contributed by atoms with E-state index < -0.39 is 11.6 Å². The number of carbonyl (C=O) groups excluding carboxylic acids is 1. The molecule has 1 saturated carbocycles. The van der Waals surface area contributed by atoms with Crippen LogP contribution in [0.4, 0.5) is 16.7 Å². The maximum absolute atomic E-state index is 13.3. The number of benzene rings is 1. The Morgan fingerprint density at radius 1 is 1.25 bits per heavy atom. The lowest BCUT2D eigenvalue weighted by molar-refractivity contribution is 0.178. The molecule has 1 atom stereocenters. The van der Waals surface area contributed by atoms with Crippen LogP contribution in [-0.4, -0.2) is 43.7 Å². The first-order chi connectivity index (χ1) is 19.4. The molecule has 12 heteroatoms. The van der Waals surface area contributed by atoms with Crippen LogP contribution >= 0.6 is 0 Å². The van der Waals surface area contributed by atoms with Gasteiger partial charge in [-0.05, 0) is 50.5 Å². The Labute approximate surface area is 232 Å². The molecule has 4 aromatic rings. The SMILES string of the molecule is CC[C@H]1COC(=O)N1c1nc(C)nc(NC2(c3cc4cc(C#N)c(OCc5ccccn5)cc4[nH]c3=O)CC2)n1.[HH].[HH]. The lowest BCUT2D eigenvalue weighted by atomic mass is 10.0. The van der Waals surface area contributed by atoms with E-state index in [0.717, 1.165) is 5.69 Å². The topological polar surface area (TPSA) is 159 Å². The molecule has 0 radical (unpaired) electrons. The minimum absolute atomic E-state index is 0. The molecule has 1 aliphatic carbocycles. The maximum Gasteiger partial charge on any atom is 0.417 e. The highest BCUT2D eigenvalue weighted by Gasteiger charge is 2.47. The van der Waals surface area contributed by atoms with Gasteiger partial charge < -0.3 is 19.8 Å². The van der Waals surface area contributed by atoms with Crippen molar-refractivity contribution in [3.63, 3.8) is 0 Å². The normalized spacial score (nSPS) is 17.4. The van der Waals surface area contributed by atoms with Gasteiger partial charge in [-0.25, -0.2) is 9.69 Å². The fraction of sp³-hybridized carbons (Fsp3) is 0.321. The van der Waals surface area contributed by atoms with E-state index in [1.54, 1.807) is 31.3 Å². The third-order valence-electron chi connectivity index (χ3n) is 7.17. The van der Waals surface area contributed by atoms with Crippen molar-refractivity contribution in [1.29, 1.82) is 5.26 Å². The van der Waals surface area contributed by atoms with Crippen LogP contribution in [0.3, 0.4) is 0 Å². The van der Waals surface area contributed by atoms with Crippen molar-refractivity contribution in [2.24, 2.45) is 0 Å². The van der Waals surface area contributed by atoms with Crippen molar-refractivity contribution in [2.75, 3.05) is 16.8 Å². The first-order valence-corrected chi connectivity index (χ1v) is 13.0. The monoisotopic (exact) mass is 542 g/mol. The van der Waals surface area contributed by atoms with E-state index in [4.69, 9.17) is 9.47 Å². The number of carbonyl (C=O) groups is 1. The van der Waals surface area contributed by atoms with Gasteiger partial charge in [0.05, 0.1) is 28.4 Å². The fourth-order valence-electron chi connectivity index (χ4n) is 4.87.